The molecule has 5 unspecified atom stereocenters. The highest BCUT2D eigenvalue weighted by molar-refractivity contribution is 5.67. The number of carbonyl (C=O) groups is 2. The molecule has 9 nitrogen and oxygen atoms in total. The molecule has 0 saturated heterocycles. The van der Waals surface area contributed by atoms with Crippen LogP contribution in [0.15, 0.2) is 11.6 Å². The molecule has 0 aromatic carbocycles. The number of ether oxygens (including phenoxy) is 5. The van der Waals surface area contributed by atoms with Crippen LogP contribution in [0.3, 0.4) is 0 Å². The van der Waals surface area contributed by atoms with E-state index in [9.17, 15) is 9.59 Å². The Morgan fingerprint density at radius 2 is 1.51 bits per heavy atom. The number of hydrogen-bond acceptors (Lipinski definition) is 7. The predicted molar refractivity (Wildman–Crippen MR) is 212 cm³/mol. The maximum absolute atomic E-state index is 12.7. The minimum atomic E-state index is -0.623. The molecule has 0 aliphatic heterocycles. The lowest BCUT2D eigenvalue weighted by Gasteiger charge is -2.58. The zero-order valence-electron chi connectivity index (χ0n) is 35.4. The van der Waals surface area contributed by atoms with Crippen molar-refractivity contribution in [2.45, 2.75) is 164 Å². The lowest BCUT2D eigenvalue weighted by atomic mass is 9.47. The summed E-state index contributed by atoms with van der Waals surface area (Å²) in [5.74, 6) is 4.97. The average molecular weight is 747 g/mol. The Bertz CT molecular complexity index is 1200. The van der Waals surface area contributed by atoms with Crippen LogP contribution in [-0.4, -0.2) is 75.6 Å². The van der Waals surface area contributed by atoms with Gasteiger partial charge >= 0.3 is 12.2 Å². The molecule has 306 valence electrons. The minimum Gasteiger partial charge on any atom is -0.446 e. The van der Waals surface area contributed by atoms with Gasteiger partial charge < -0.3 is 34.3 Å². The van der Waals surface area contributed by atoms with Crippen LogP contribution in [0.5, 0.6) is 0 Å². The molecule has 3 saturated carbocycles. The summed E-state index contributed by atoms with van der Waals surface area (Å²) in [6.07, 6.45) is 16.2. The maximum atomic E-state index is 12.7. The van der Waals surface area contributed by atoms with Crippen LogP contribution in [0, 0.1) is 46.3 Å². The zero-order valence-corrected chi connectivity index (χ0v) is 35.4. The molecular formula is C44H78N2O7. The number of nitrogens with one attached hydrogen (secondary N) is 2. The van der Waals surface area contributed by atoms with Gasteiger partial charge in [0.15, 0.2) is 0 Å². The van der Waals surface area contributed by atoms with Gasteiger partial charge in [0.2, 0.25) is 0 Å². The van der Waals surface area contributed by atoms with Gasteiger partial charge in [-0.2, -0.15) is 0 Å². The molecule has 0 spiro atoms. The summed E-state index contributed by atoms with van der Waals surface area (Å²) in [6, 6.07) is 0. The molecule has 4 rings (SSSR count). The van der Waals surface area contributed by atoms with Crippen LogP contribution >= 0.6 is 0 Å². The standard InChI is InChI=1S/C44H78N2O7/c1-31(2)12-11-13-32(3)36-16-17-37-35-15-14-33-30-34(18-20-43(33,9)38(35)19-21-44(36,37)10)52-39(47)45-23-26-49-28-29-50-27-24-46-40(48)53-42(7,8)22-25-51-41(4,5)6/h14,31-32,34-38H,11-13,15-30H2,1-10H3,(H,45,47)(H,46,48)/t32?,34-,35?,36?,37?,38?,43-,44+/m0/s1. The Balaban J connectivity index is 1.07. The third-order valence-electron chi connectivity index (χ3n) is 13.5. The lowest BCUT2D eigenvalue weighted by Crippen LogP contribution is -2.51. The van der Waals surface area contributed by atoms with Crippen molar-refractivity contribution in [3.63, 3.8) is 0 Å². The number of alkyl carbamates (subject to hydrolysis) is 2. The van der Waals surface area contributed by atoms with Crippen LogP contribution in [0.2, 0.25) is 0 Å². The number of hydrogen-bond donors (Lipinski definition) is 2. The lowest BCUT2D eigenvalue weighted by molar-refractivity contribution is -0.0581. The van der Waals surface area contributed by atoms with Gasteiger partial charge in [0.1, 0.15) is 11.7 Å². The quantitative estimate of drug-likeness (QED) is 0.100. The van der Waals surface area contributed by atoms with Crippen LogP contribution < -0.4 is 10.6 Å². The van der Waals surface area contributed by atoms with Gasteiger partial charge in [0.25, 0.3) is 0 Å². The van der Waals surface area contributed by atoms with E-state index in [1.807, 2.05) is 34.6 Å². The highest BCUT2D eigenvalue weighted by atomic mass is 16.6. The molecule has 0 heterocycles. The van der Waals surface area contributed by atoms with E-state index in [2.05, 4.69) is 51.3 Å². The molecule has 2 amide bonds. The van der Waals surface area contributed by atoms with Gasteiger partial charge in [-0.05, 0) is 126 Å². The molecule has 4 aliphatic rings. The van der Waals surface area contributed by atoms with Crippen molar-refractivity contribution < 1.29 is 33.3 Å². The second-order valence-electron chi connectivity index (χ2n) is 19.5. The summed E-state index contributed by atoms with van der Waals surface area (Å²) >= 11 is 0. The fourth-order valence-corrected chi connectivity index (χ4v) is 10.7. The van der Waals surface area contributed by atoms with Crippen molar-refractivity contribution in [1.82, 2.24) is 10.6 Å². The van der Waals surface area contributed by atoms with Gasteiger partial charge in [-0.25, -0.2) is 9.59 Å². The topological polar surface area (TPSA) is 104 Å². The van der Waals surface area contributed by atoms with Gasteiger partial charge in [-0.15, -0.1) is 0 Å². The molecular weight excluding hydrogens is 668 g/mol. The second-order valence-corrected chi connectivity index (χ2v) is 19.5. The summed E-state index contributed by atoms with van der Waals surface area (Å²) in [5, 5.41) is 5.58. The van der Waals surface area contributed by atoms with E-state index in [4.69, 9.17) is 23.7 Å². The van der Waals surface area contributed by atoms with E-state index >= 15 is 0 Å². The largest absolute Gasteiger partial charge is 0.446 e. The Kier molecular flexibility index (Phi) is 16.0. The van der Waals surface area contributed by atoms with E-state index in [0.29, 0.717) is 58.0 Å². The third kappa shape index (κ3) is 12.6. The smallest absolute Gasteiger partial charge is 0.407 e. The summed E-state index contributed by atoms with van der Waals surface area (Å²) < 4.78 is 28.4. The van der Waals surface area contributed by atoms with Crippen LogP contribution in [-0.2, 0) is 23.7 Å². The molecule has 3 fully saturated rings. The second kappa shape index (κ2) is 19.3. The molecule has 9 heteroatoms. The highest BCUT2D eigenvalue weighted by Crippen LogP contribution is 2.67. The number of carbonyl (C=O) groups excluding carboxylic acids is 2. The first-order chi connectivity index (χ1) is 24.9. The minimum absolute atomic E-state index is 0.0592. The molecule has 0 bridgehead atoms. The highest BCUT2D eigenvalue weighted by Gasteiger charge is 2.59. The molecule has 4 aliphatic carbocycles. The first kappa shape index (κ1) is 43.9. The van der Waals surface area contributed by atoms with E-state index < -0.39 is 11.7 Å². The van der Waals surface area contributed by atoms with Crippen LogP contribution in [0.4, 0.5) is 9.59 Å². The Hall–Kier alpha value is -1.84. The SMILES string of the molecule is CC(C)CCCC(C)C1CCC2C3CC=C4C[C@@H](OC(=O)NCCOCCOCCNC(=O)OC(C)(C)CCOC(C)(C)C)CC[C@]4(C)C3CC[C@]12C. The van der Waals surface area contributed by atoms with E-state index in [1.165, 1.54) is 51.4 Å². The average Bonchev–Trinajstić information content (AvgIpc) is 3.42. The first-order valence-electron chi connectivity index (χ1n) is 21.3. The van der Waals surface area contributed by atoms with Crippen molar-refractivity contribution in [2.75, 3.05) is 46.1 Å². The number of rotatable bonds is 19. The van der Waals surface area contributed by atoms with E-state index in [1.54, 1.807) is 5.57 Å². The molecule has 53 heavy (non-hydrogen) atoms. The summed E-state index contributed by atoms with van der Waals surface area (Å²) in [7, 11) is 0. The van der Waals surface area contributed by atoms with E-state index in [0.717, 1.165) is 54.8 Å². The van der Waals surface area contributed by atoms with Gasteiger partial charge in [0.05, 0.1) is 38.6 Å². The van der Waals surface area contributed by atoms with Crippen LogP contribution in [0.25, 0.3) is 0 Å². The van der Waals surface area contributed by atoms with Crippen molar-refractivity contribution in [3.05, 3.63) is 11.6 Å². The Morgan fingerprint density at radius 1 is 0.830 bits per heavy atom. The van der Waals surface area contributed by atoms with Crippen molar-refractivity contribution in [2.24, 2.45) is 46.3 Å². The zero-order chi connectivity index (χ0) is 38.9. The fraction of sp³-hybridized carbons (Fsp3) is 0.909. The Morgan fingerprint density at radius 3 is 2.17 bits per heavy atom. The first-order valence-corrected chi connectivity index (χ1v) is 21.3. The van der Waals surface area contributed by atoms with Crippen molar-refractivity contribution >= 4 is 12.2 Å². The molecule has 8 atom stereocenters. The maximum Gasteiger partial charge on any atom is 0.407 e. The molecule has 0 aromatic heterocycles. The van der Waals surface area contributed by atoms with Gasteiger partial charge in [-0.3, -0.25) is 0 Å². The fourth-order valence-electron chi connectivity index (χ4n) is 10.7. The third-order valence-corrected chi connectivity index (χ3v) is 13.5. The van der Waals surface area contributed by atoms with Gasteiger partial charge in [0, 0.05) is 25.9 Å². The number of allylic oxidation sites excluding steroid dienone is 1. The monoisotopic (exact) mass is 747 g/mol. The number of amides is 2. The van der Waals surface area contributed by atoms with Crippen molar-refractivity contribution in [1.29, 1.82) is 0 Å². The molecule has 0 radical (unpaired) electrons. The summed E-state index contributed by atoms with van der Waals surface area (Å²) in [5.41, 5.74) is 1.45. The van der Waals surface area contributed by atoms with Crippen molar-refractivity contribution in [3.8, 4) is 0 Å². The normalized spacial score (nSPS) is 30.5. The molecule has 2 N–H and O–H groups in total. The number of fused-ring (bicyclic) bond motifs is 5. The molecule has 0 aromatic rings. The van der Waals surface area contributed by atoms with E-state index in [-0.39, 0.29) is 23.2 Å². The Labute approximate surface area is 323 Å². The van der Waals surface area contributed by atoms with Gasteiger partial charge in [-0.1, -0.05) is 65.5 Å². The summed E-state index contributed by atoms with van der Waals surface area (Å²) in [4.78, 5) is 24.8. The predicted octanol–water partition coefficient (Wildman–Crippen LogP) is 9.87. The summed E-state index contributed by atoms with van der Waals surface area (Å²) in [6.45, 7) is 25.0. The van der Waals surface area contributed by atoms with Crippen LogP contribution in [0.1, 0.15) is 146 Å².